The number of carbonyl (C=O) groups is 1. The zero-order valence-electron chi connectivity index (χ0n) is 7.19. The summed E-state index contributed by atoms with van der Waals surface area (Å²) in [4.78, 5) is 11.3. The molecule has 0 unspecified atom stereocenters. The Morgan fingerprint density at radius 1 is 1.31 bits per heavy atom. The third-order valence-electron chi connectivity index (χ3n) is 2.06. The number of morpholine rings is 1. The van der Waals surface area contributed by atoms with E-state index in [1.165, 1.54) is 0 Å². The summed E-state index contributed by atoms with van der Waals surface area (Å²) in [6.07, 6.45) is 0. The van der Waals surface area contributed by atoms with E-state index < -0.39 is 0 Å². The van der Waals surface area contributed by atoms with E-state index in [-0.39, 0.29) is 12.0 Å². The molecular weight excluding hydrogens is 166 g/mol. The fourth-order valence-electron chi connectivity index (χ4n) is 1.42. The van der Waals surface area contributed by atoms with Gasteiger partial charge in [-0.15, -0.1) is 0 Å². The van der Waals surface area contributed by atoms with Crippen molar-refractivity contribution in [2.45, 2.75) is 6.04 Å². The lowest BCUT2D eigenvalue weighted by molar-refractivity contribution is -0.149. The normalized spacial score (nSPS) is 22.5. The Hall–Kier alpha value is -1.35. The summed E-state index contributed by atoms with van der Waals surface area (Å²) >= 11 is 0. The number of esters is 1. The number of hydrogen-bond acceptors (Lipinski definition) is 3. The average Bonchev–Trinajstić information content (AvgIpc) is 2.20. The molecule has 0 spiro atoms. The van der Waals surface area contributed by atoms with E-state index in [0.717, 1.165) is 12.1 Å². The van der Waals surface area contributed by atoms with Crippen LogP contribution in [0.2, 0.25) is 0 Å². The van der Waals surface area contributed by atoms with Gasteiger partial charge in [0.2, 0.25) is 0 Å². The molecule has 0 aliphatic carbocycles. The molecule has 0 bridgehead atoms. The summed E-state index contributed by atoms with van der Waals surface area (Å²) in [6, 6.07) is 9.32. The van der Waals surface area contributed by atoms with Gasteiger partial charge in [0.15, 0.2) is 0 Å². The Labute approximate surface area is 76.7 Å². The number of hydrogen-bond donors (Lipinski definition) is 1. The van der Waals surface area contributed by atoms with Crippen LogP contribution >= 0.6 is 0 Å². The van der Waals surface area contributed by atoms with E-state index in [1.54, 1.807) is 0 Å². The molecule has 1 fully saturated rings. The zero-order valence-corrected chi connectivity index (χ0v) is 7.19. The van der Waals surface area contributed by atoms with Crippen molar-refractivity contribution in [1.82, 2.24) is 5.32 Å². The van der Waals surface area contributed by atoms with Crippen molar-refractivity contribution in [3.05, 3.63) is 35.9 Å². The van der Waals surface area contributed by atoms with Gasteiger partial charge in [0.1, 0.15) is 12.6 Å². The highest BCUT2D eigenvalue weighted by Crippen LogP contribution is 2.15. The first-order valence-electron chi connectivity index (χ1n) is 4.33. The molecule has 1 atom stereocenters. The van der Waals surface area contributed by atoms with Crippen LogP contribution in [0, 0.1) is 0 Å². The fourth-order valence-corrected chi connectivity index (χ4v) is 1.42. The Morgan fingerprint density at radius 2 is 2.08 bits per heavy atom. The van der Waals surface area contributed by atoms with E-state index in [1.807, 2.05) is 30.3 Å². The predicted molar refractivity (Wildman–Crippen MR) is 48.1 cm³/mol. The van der Waals surface area contributed by atoms with Crippen molar-refractivity contribution in [2.75, 3.05) is 13.2 Å². The number of nitrogens with one attached hydrogen (secondary N) is 1. The van der Waals surface area contributed by atoms with Crippen molar-refractivity contribution in [3.63, 3.8) is 0 Å². The highest BCUT2D eigenvalue weighted by atomic mass is 16.5. The van der Waals surface area contributed by atoms with Gasteiger partial charge in [-0.3, -0.25) is 5.32 Å². The van der Waals surface area contributed by atoms with Gasteiger partial charge in [0.05, 0.1) is 0 Å². The minimum absolute atomic E-state index is 0.183. The topological polar surface area (TPSA) is 38.3 Å². The average molecular weight is 177 g/mol. The van der Waals surface area contributed by atoms with Crippen LogP contribution in [0.15, 0.2) is 30.3 Å². The maximum absolute atomic E-state index is 11.3. The van der Waals surface area contributed by atoms with Gasteiger partial charge >= 0.3 is 5.97 Å². The molecule has 68 valence electrons. The van der Waals surface area contributed by atoms with Crippen LogP contribution in [0.25, 0.3) is 0 Å². The van der Waals surface area contributed by atoms with Crippen LogP contribution in [0.1, 0.15) is 11.6 Å². The molecule has 1 aliphatic rings. The van der Waals surface area contributed by atoms with Crippen LogP contribution in [-0.4, -0.2) is 19.1 Å². The molecule has 1 N–H and O–H groups in total. The van der Waals surface area contributed by atoms with Crippen molar-refractivity contribution in [1.29, 1.82) is 0 Å². The molecule has 2 rings (SSSR count). The molecule has 0 radical (unpaired) electrons. The first-order valence-corrected chi connectivity index (χ1v) is 4.33. The molecule has 0 saturated carbocycles. The Morgan fingerprint density at radius 3 is 2.77 bits per heavy atom. The van der Waals surface area contributed by atoms with Crippen LogP contribution in [-0.2, 0) is 9.53 Å². The van der Waals surface area contributed by atoms with Crippen molar-refractivity contribution in [2.24, 2.45) is 0 Å². The largest absolute Gasteiger partial charge is 0.463 e. The number of carbonyl (C=O) groups excluding carboxylic acids is 1. The lowest BCUT2D eigenvalue weighted by Gasteiger charge is -2.22. The molecule has 0 amide bonds. The second-order valence-electron chi connectivity index (χ2n) is 2.97. The van der Waals surface area contributed by atoms with Gasteiger partial charge < -0.3 is 4.74 Å². The predicted octanol–water partition coefficient (Wildman–Crippen LogP) is 0.874. The Bertz CT molecular complexity index is 297. The summed E-state index contributed by atoms with van der Waals surface area (Å²) in [7, 11) is 0. The molecule has 13 heavy (non-hydrogen) atoms. The van der Waals surface area contributed by atoms with Crippen molar-refractivity contribution in [3.8, 4) is 0 Å². The molecule has 3 nitrogen and oxygen atoms in total. The first-order chi connectivity index (χ1) is 6.38. The molecule has 1 aliphatic heterocycles. The quantitative estimate of drug-likeness (QED) is 0.647. The zero-order chi connectivity index (χ0) is 9.10. The van der Waals surface area contributed by atoms with E-state index in [2.05, 4.69) is 5.32 Å². The monoisotopic (exact) mass is 177 g/mol. The maximum atomic E-state index is 11.3. The standard InChI is InChI=1S/C10H11NO2/c12-10-9(11-6-7-13-10)8-4-2-1-3-5-8/h1-5,9,11H,6-7H2/t9-/m1/s1. The summed E-state index contributed by atoms with van der Waals surface area (Å²) in [5.41, 5.74) is 0.965. The summed E-state index contributed by atoms with van der Waals surface area (Å²) in [6.45, 7) is 1.20. The molecular formula is C10H11NO2. The first kappa shape index (κ1) is 8.26. The highest BCUT2D eigenvalue weighted by Gasteiger charge is 2.24. The van der Waals surface area contributed by atoms with Crippen LogP contribution < -0.4 is 5.32 Å². The highest BCUT2D eigenvalue weighted by molar-refractivity contribution is 5.78. The van der Waals surface area contributed by atoms with Gasteiger partial charge in [0, 0.05) is 6.54 Å². The molecule has 1 heterocycles. The lowest BCUT2D eigenvalue weighted by Crippen LogP contribution is -2.38. The summed E-state index contributed by atoms with van der Waals surface area (Å²) in [5, 5.41) is 3.11. The molecule has 0 aromatic heterocycles. The van der Waals surface area contributed by atoms with Crippen LogP contribution in [0.5, 0.6) is 0 Å². The van der Waals surface area contributed by atoms with E-state index in [9.17, 15) is 4.79 Å². The van der Waals surface area contributed by atoms with Crippen LogP contribution in [0.4, 0.5) is 0 Å². The van der Waals surface area contributed by atoms with E-state index in [4.69, 9.17) is 4.74 Å². The van der Waals surface area contributed by atoms with Gasteiger partial charge in [-0.2, -0.15) is 0 Å². The third-order valence-corrected chi connectivity index (χ3v) is 2.06. The van der Waals surface area contributed by atoms with E-state index in [0.29, 0.717) is 6.61 Å². The smallest absolute Gasteiger partial charge is 0.327 e. The summed E-state index contributed by atoms with van der Waals surface area (Å²) in [5.74, 6) is -0.183. The minimum atomic E-state index is -0.282. The van der Waals surface area contributed by atoms with Gasteiger partial charge in [-0.1, -0.05) is 30.3 Å². The maximum Gasteiger partial charge on any atom is 0.327 e. The molecule has 1 saturated heterocycles. The Balaban J connectivity index is 2.20. The Kier molecular flexibility index (Phi) is 2.27. The second kappa shape index (κ2) is 3.58. The number of cyclic esters (lactones) is 1. The van der Waals surface area contributed by atoms with E-state index >= 15 is 0 Å². The van der Waals surface area contributed by atoms with Crippen molar-refractivity contribution < 1.29 is 9.53 Å². The van der Waals surface area contributed by atoms with Crippen molar-refractivity contribution >= 4 is 5.97 Å². The van der Waals surface area contributed by atoms with Gasteiger partial charge in [0.25, 0.3) is 0 Å². The lowest BCUT2D eigenvalue weighted by atomic mass is 10.1. The fraction of sp³-hybridized carbons (Fsp3) is 0.300. The van der Waals surface area contributed by atoms with Crippen LogP contribution in [0.3, 0.4) is 0 Å². The molecule has 1 aromatic rings. The summed E-state index contributed by atoms with van der Waals surface area (Å²) < 4.78 is 4.94. The SMILES string of the molecule is O=C1OCCN[C@@H]1c1ccccc1. The molecule has 1 aromatic carbocycles. The number of rotatable bonds is 1. The second-order valence-corrected chi connectivity index (χ2v) is 2.97. The number of ether oxygens (including phenoxy) is 1. The number of benzene rings is 1. The third kappa shape index (κ3) is 1.70. The van der Waals surface area contributed by atoms with Gasteiger partial charge in [-0.25, -0.2) is 4.79 Å². The minimum Gasteiger partial charge on any atom is -0.463 e. The van der Waals surface area contributed by atoms with Gasteiger partial charge in [-0.05, 0) is 5.56 Å². The molecule has 3 heteroatoms.